The van der Waals surface area contributed by atoms with Crippen LogP contribution in [0.2, 0.25) is 0 Å². The number of ether oxygens (including phenoxy) is 2. The van der Waals surface area contributed by atoms with E-state index in [1.54, 1.807) is 0 Å². The van der Waals surface area contributed by atoms with Crippen LogP contribution in [0.15, 0.2) is 0 Å². The van der Waals surface area contributed by atoms with Crippen molar-refractivity contribution in [3.05, 3.63) is 0 Å². The molecule has 0 radical (unpaired) electrons. The molecule has 1 aliphatic rings. The van der Waals surface area contributed by atoms with E-state index in [4.69, 9.17) is 20.3 Å². The number of esters is 1. The highest BCUT2D eigenvalue weighted by atomic mass is 16.7. The van der Waals surface area contributed by atoms with Gasteiger partial charge >= 0.3 is 5.97 Å². The fourth-order valence-corrected chi connectivity index (χ4v) is 2.03. The number of carbonyl (C=O) groups excluding carboxylic acids is 1. The van der Waals surface area contributed by atoms with Crippen LogP contribution in [-0.2, 0) is 14.3 Å². The van der Waals surface area contributed by atoms with E-state index in [1.807, 2.05) is 13.8 Å². The van der Waals surface area contributed by atoms with Gasteiger partial charge in [0.15, 0.2) is 12.4 Å². The van der Waals surface area contributed by atoms with E-state index in [0.717, 1.165) is 0 Å². The van der Waals surface area contributed by atoms with Gasteiger partial charge in [0.25, 0.3) is 0 Å². The average molecular weight is 293 g/mol. The van der Waals surface area contributed by atoms with Crippen molar-refractivity contribution in [1.82, 2.24) is 0 Å². The van der Waals surface area contributed by atoms with Gasteiger partial charge < -0.3 is 35.6 Å². The zero-order chi connectivity index (χ0) is 15.4. The molecular weight excluding hydrogens is 270 g/mol. The summed E-state index contributed by atoms with van der Waals surface area (Å²) in [5.74, 6) is -0.606. The molecule has 8 nitrogen and oxygen atoms in total. The molecule has 0 bridgehead atoms. The molecule has 1 aliphatic heterocycles. The standard InChI is InChI=1S/C12H23NO7/c1-5(2)3-6(13)11(17)20-10-8(15)7(4-14)19-12(18)9(10)16/h5-10,12,14-16,18H,3-4,13H2,1-2H3/t6-,7+,8+,9+,10-,12?/m0/s1. The van der Waals surface area contributed by atoms with Crippen LogP contribution in [0.1, 0.15) is 20.3 Å². The molecule has 0 amide bonds. The SMILES string of the molecule is CC(C)C[C@H](N)C(=O)O[C@H]1[C@H](O)[C@@H](CO)OC(O)[C@@H]1O. The summed E-state index contributed by atoms with van der Waals surface area (Å²) in [5, 5.41) is 38.0. The average Bonchev–Trinajstić information content (AvgIpc) is 2.37. The van der Waals surface area contributed by atoms with Crippen LogP contribution in [-0.4, -0.2) is 69.8 Å². The molecule has 0 aliphatic carbocycles. The first-order valence-electron chi connectivity index (χ1n) is 6.54. The minimum Gasteiger partial charge on any atom is -0.455 e. The molecule has 118 valence electrons. The first-order valence-corrected chi connectivity index (χ1v) is 6.54. The quantitative estimate of drug-likeness (QED) is 0.356. The summed E-state index contributed by atoms with van der Waals surface area (Å²) in [7, 11) is 0. The first-order chi connectivity index (χ1) is 9.27. The monoisotopic (exact) mass is 293 g/mol. The molecule has 1 saturated heterocycles. The summed E-state index contributed by atoms with van der Waals surface area (Å²) in [6, 6.07) is -0.887. The van der Waals surface area contributed by atoms with Crippen LogP contribution in [0, 0.1) is 5.92 Å². The summed E-state index contributed by atoms with van der Waals surface area (Å²) in [5.41, 5.74) is 5.65. The van der Waals surface area contributed by atoms with E-state index in [-0.39, 0.29) is 5.92 Å². The summed E-state index contributed by atoms with van der Waals surface area (Å²) in [4.78, 5) is 11.8. The smallest absolute Gasteiger partial charge is 0.323 e. The second-order valence-corrected chi connectivity index (χ2v) is 5.37. The van der Waals surface area contributed by atoms with Gasteiger partial charge in [-0.3, -0.25) is 4.79 Å². The van der Waals surface area contributed by atoms with Crippen LogP contribution < -0.4 is 5.73 Å². The number of aliphatic hydroxyl groups excluding tert-OH is 4. The molecule has 0 aromatic heterocycles. The highest BCUT2D eigenvalue weighted by molar-refractivity contribution is 5.75. The van der Waals surface area contributed by atoms with Gasteiger partial charge in [0, 0.05) is 0 Å². The largest absolute Gasteiger partial charge is 0.455 e. The maximum Gasteiger partial charge on any atom is 0.323 e. The molecule has 0 spiro atoms. The minimum atomic E-state index is -1.66. The Morgan fingerprint density at radius 3 is 2.40 bits per heavy atom. The highest BCUT2D eigenvalue weighted by Crippen LogP contribution is 2.23. The van der Waals surface area contributed by atoms with Crippen molar-refractivity contribution >= 4 is 5.97 Å². The van der Waals surface area contributed by atoms with Crippen LogP contribution in [0.5, 0.6) is 0 Å². The lowest BCUT2D eigenvalue weighted by atomic mass is 9.98. The van der Waals surface area contributed by atoms with E-state index < -0.39 is 49.3 Å². The molecule has 1 heterocycles. The Kier molecular flexibility index (Phi) is 6.31. The minimum absolute atomic E-state index is 0.179. The van der Waals surface area contributed by atoms with E-state index >= 15 is 0 Å². The van der Waals surface area contributed by atoms with E-state index in [1.165, 1.54) is 0 Å². The van der Waals surface area contributed by atoms with Crippen LogP contribution in [0.25, 0.3) is 0 Å². The predicted octanol–water partition coefficient (Wildman–Crippen LogP) is -2.30. The highest BCUT2D eigenvalue weighted by Gasteiger charge is 2.46. The second kappa shape index (κ2) is 7.30. The summed E-state index contributed by atoms with van der Waals surface area (Å²) in [6.07, 6.45) is -6.87. The Labute approximate surface area is 117 Å². The van der Waals surface area contributed by atoms with Crippen molar-refractivity contribution in [1.29, 1.82) is 0 Å². The molecule has 1 fully saturated rings. The zero-order valence-corrected chi connectivity index (χ0v) is 11.5. The summed E-state index contributed by atoms with van der Waals surface area (Å²) >= 11 is 0. The van der Waals surface area contributed by atoms with E-state index in [2.05, 4.69) is 0 Å². The van der Waals surface area contributed by atoms with Crippen molar-refractivity contribution in [3.63, 3.8) is 0 Å². The Hall–Kier alpha value is -0.770. The Bertz CT molecular complexity index is 325. The van der Waals surface area contributed by atoms with E-state index in [9.17, 15) is 20.1 Å². The van der Waals surface area contributed by atoms with E-state index in [0.29, 0.717) is 6.42 Å². The lowest BCUT2D eigenvalue weighted by molar-refractivity contribution is -0.290. The molecule has 0 aromatic rings. The molecule has 0 aromatic carbocycles. The first kappa shape index (κ1) is 17.3. The lowest BCUT2D eigenvalue weighted by Gasteiger charge is -2.39. The predicted molar refractivity (Wildman–Crippen MR) is 67.3 cm³/mol. The van der Waals surface area contributed by atoms with Crippen molar-refractivity contribution in [2.75, 3.05) is 6.61 Å². The van der Waals surface area contributed by atoms with Crippen LogP contribution in [0.4, 0.5) is 0 Å². The number of nitrogens with two attached hydrogens (primary N) is 1. The van der Waals surface area contributed by atoms with Gasteiger partial charge in [-0.05, 0) is 12.3 Å². The maximum absolute atomic E-state index is 11.8. The molecule has 1 rings (SSSR count). The third-order valence-electron chi connectivity index (χ3n) is 3.12. The Morgan fingerprint density at radius 2 is 1.90 bits per heavy atom. The zero-order valence-electron chi connectivity index (χ0n) is 11.5. The maximum atomic E-state index is 11.8. The Balaban J connectivity index is 2.69. The van der Waals surface area contributed by atoms with Gasteiger partial charge in [-0.25, -0.2) is 0 Å². The number of carbonyl (C=O) groups is 1. The molecular formula is C12H23NO7. The van der Waals surface area contributed by atoms with Crippen molar-refractivity contribution in [3.8, 4) is 0 Å². The number of hydrogen-bond donors (Lipinski definition) is 5. The fourth-order valence-electron chi connectivity index (χ4n) is 2.03. The molecule has 20 heavy (non-hydrogen) atoms. The fraction of sp³-hybridized carbons (Fsp3) is 0.917. The van der Waals surface area contributed by atoms with Gasteiger partial charge in [0.05, 0.1) is 6.61 Å². The topological polar surface area (TPSA) is 142 Å². The third-order valence-corrected chi connectivity index (χ3v) is 3.12. The van der Waals surface area contributed by atoms with Crippen molar-refractivity contribution in [2.24, 2.45) is 11.7 Å². The second-order valence-electron chi connectivity index (χ2n) is 5.37. The molecule has 6 N–H and O–H groups in total. The Morgan fingerprint density at radius 1 is 1.30 bits per heavy atom. The molecule has 6 atom stereocenters. The van der Waals surface area contributed by atoms with Crippen molar-refractivity contribution in [2.45, 2.75) is 57.0 Å². The molecule has 0 saturated carbocycles. The van der Waals surface area contributed by atoms with Gasteiger partial charge in [0.2, 0.25) is 0 Å². The van der Waals surface area contributed by atoms with Gasteiger partial charge in [-0.2, -0.15) is 0 Å². The van der Waals surface area contributed by atoms with Crippen LogP contribution in [0.3, 0.4) is 0 Å². The lowest BCUT2D eigenvalue weighted by Crippen LogP contribution is -2.60. The summed E-state index contributed by atoms with van der Waals surface area (Å²) in [6.45, 7) is 3.19. The summed E-state index contributed by atoms with van der Waals surface area (Å²) < 4.78 is 9.75. The van der Waals surface area contributed by atoms with Gasteiger partial charge in [-0.1, -0.05) is 13.8 Å². The molecule has 1 unspecified atom stereocenters. The number of rotatable bonds is 5. The number of hydrogen-bond acceptors (Lipinski definition) is 8. The van der Waals surface area contributed by atoms with Crippen LogP contribution >= 0.6 is 0 Å². The molecule has 8 heteroatoms. The normalized spacial score (nSPS) is 35.9. The number of aliphatic hydroxyl groups is 4. The third kappa shape index (κ3) is 4.11. The van der Waals surface area contributed by atoms with Gasteiger partial charge in [0.1, 0.15) is 24.4 Å². The van der Waals surface area contributed by atoms with Crippen molar-refractivity contribution < 1.29 is 34.7 Å². The van der Waals surface area contributed by atoms with Gasteiger partial charge in [-0.15, -0.1) is 0 Å².